The molecule has 0 aliphatic rings. The molecule has 0 saturated carbocycles. The zero-order valence-electron chi connectivity index (χ0n) is 7.89. The number of carboxylic acid groups (broad SMARTS) is 1. The predicted molar refractivity (Wildman–Crippen MR) is 47.4 cm³/mol. The monoisotopic (exact) mass is 273 g/mol. The fourth-order valence-electron chi connectivity index (χ4n) is 1.07. The number of hydrogen-bond donors (Lipinski definition) is 1. The van der Waals surface area contributed by atoms with Gasteiger partial charge in [0, 0.05) is 6.07 Å². The normalized spacial score (nSPS) is 11.4. The number of aromatic nitrogens is 1. The van der Waals surface area contributed by atoms with Crippen LogP contribution < -0.4 is 4.74 Å². The van der Waals surface area contributed by atoms with Crippen molar-refractivity contribution in [1.82, 2.24) is 4.98 Å². The molecular formula is C8H4ClF4NO3. The van der Waals surface area contributed by atoms with E-state index in [4.69, 9.17) is 16.7 Å². The van der Waals surface area contributed by atoms with Crippen molar-refractivity contribution in [3.63, 3.8) is 0 Å². The number of alkyl halides is 4. The molecule has 0 aliphatic carbocycles. The molecule has 17 heavy (non-hydrogen) atoms. The van der Waals surface area contributed by atoms with Crippen LogP contribution in [0, 0.1) is 5.95 Å². The number of nitrogens with zero attached hydrogens (tertiary/aromatic N) is 1. The standard InChI is InChI=1S/C8H4ClF4NO3/c9-2-3-6(7(15)16)4(1-5(10)14-3)17-8(11,12)13/h1H,2H2,(H,15,16). The molecule has 0 unspecified atom stereocenters. The first kappa shape index (κ1) is 13.5. The Labute approximate surface area is 96.8 Å². The first-order valence-electron chi connectivity index (χ1n) is 3.99. The van der Waals surface area contributed by atoms with E-state index in [2.05, 4.69) is 9.72 Å². The van der Waals surface area contributed by atoms with Crippen LogP contribution in [0.4, 0.5) is 17.6 Å². The van der Waals surface area contributed by atoms with Gasteiger partial charge in [0.25, 0.3) is 0 Å². The summed E-state index contributed by atoms with van der Waals surface area (Å²) in [6.45, 7) is 0. The molecule has 0 bridgehead atoms. The van der Waals surface area contributed by atoms with Gasteiger partial charge in [0.1, 0.15) is 11.3 Å². The Hall–Kier alpha value is -1.57. The highest BCUT2D eigenvalue weighted by molar-refractivity contribution is 6.17. The minimum absolute atomic E-state index is 0.229. The zero-order chi connectivity index (χ0) is 13.2. The molecule has 0 saturated heterocycles. The van der Waals surface area contributed by atoms with Gasteiger partial charge in [-0.15, -0.1) is 24.8 Å². The zero-order valence-corrected chi connectivity index (χ0v) is 8.64. The van der Waals surface area contributed by atoms with Crippen molar-refractivity contribution >= 4 is 17.6 Å². The van der Waals surface area contributed by atoms with E-state index in [0.717, 1.165) is 0 Å². The Morgan fingerprint density at radius 1 is 1.53 bits per heavy atom. The van der Waals surface area contributed by atoms with Gasteiger partial charge in [0.15, 0.2) is 0 Å². The summed E-state index contributed by atoms with van der Waals surface area (Å²) < 4.78 is 52.1. The van der Waals surface area contributed by atoms with Crippen LogP contribution in [0.2, 0.25) is 0 Å². The summed E-state index contributed by atoms with van der Waals surface area (Å²) in [5, 5.41) is 8.70. The van der Waals surface area contributed by atoms with Gasteiger partial charge in [0.2, 0.25) is 5.95 Å². The van der Waals surface area contributed by atoms with Crippen molar-refractivity contribution in [3.8, 4) is 5.75 Å². The second kappa shape index (κ2) is 4.74. The molecule has 1 aromatic heterocycles. The van der Waals surface area contributed by atoms with E-state index < -0.39 is 41.2 Å². The second-order valence-corrected chi connectivity index (χ2v) is 3.02. The van der Waals surface area contributed by atoms with Crippen LogP contribution in [0.1, 0.15) is 16.1 Å². The number of aromatic carboxylic acids is 1. The van der Waals surface area contributed by atoms with E-state index in [-0.39, 0.29) is 6.07 Å². The first-order chi connectivity index (χ1) is 7.74. The third-order valence-electron chi connectivity index (χ3n) is 1.59. The summed E-state index contributed by atoms with van der Waals surface area (Å²) in [4.78, 5) is 13.8. The van der Waals surface area contributed by atoms with E-state index in [9.17, 15) is 22.4 Å². The van der Waals surface area contributed by atoms with Crippen molar-refractivity contribution in [3.05, 3.63) is 23.3 Å². The smallest absolute Gasteiger partial charge is 0.477 e. The van der Waals surface area contributed by atoms with E-state index in [0.29, 0.717) is 0 Å². The van der Waals surface area contributed by atoms with Crippen LogP contribution in [0.15, 0.2) is 6.07 Å². The molecule has 1 aromatic rings. The topological polar surface area (TPSA) is 59.4 Å². The molecule has 1 N–H and O–H groups in total. The molecule has 0 atom stereocenters. The summed E-state index contributed by atoms with van der Waals surface area (Å²) >= 11 is 5.26. The highest BCUT2D eigenvalue weighted by Crippen LogP contribution is 2.29. The lowest BCUT2D eigenvalue weighted by Gasteiger charge is -2.12. The maximum atomic E-state index is 12.8. The van der Waals surface area contributed by atoms with Gasteiger partial charge in [-0.05, 0) is 0 Å². The van der Waals surface area contributed by atoms with E-state index in [1.807, 2.05) is 0 Å². The van der Waals surface area contributed by atoms with Crippen LogP contribution in [-0.4, -0.2) is 22.4 Å². The molecule has 1 rings (SSSR count). The Morgan fingerprint density at radius 2 is 2.12 bits per heavy atom. The number of carbonyl (C=O) groups is 1. The summed E-state index contributed by atoms with van der Waals surface area (Å²) in [7, 11) is 0. The number of rotatable bonds is 3. The maximum absolute atomic E-state index is 12.8. The minimum Gasteiger partial charge on any atom is -0.477 e. The van der Waals surface area contributed by atoms with Crippen LogP contribution in [0.25, 0.3) is 0 Å². The van der Waals surface area contributed by atoms with Gasteiger partial charge in [-0.25, -0.2) is 9.78 Å². The van der Waals surface area contributed by atoms with Crippen LogP contribution in [0.5, 0.6) is 5.75 Å². The van der Waals surface area contributed by atoms with E-state index >= 15 is 0 Å². The minimum atomic E-state index is -5.14. The van der Waals surface area contributed by atoms with Crippen LogP contribution in [0.3, 0.4) is 0 Å². The van der Waals surface area contributed by atoms with Gasteiger partial charge >= 0.3 is 12.3 Å². The molecule has 94 valence electrons. The molecule has 9 heteroatoms. The number of hydrogen-bond acceptors (Lipinski definition) is 3. The fraction of sp³-hybridized carbons (Fsp3) is 0.250. The second-order valence-electron chi connectivity index (χ2n) is 2.75. The number of halogens is 5. The van der Waals surface area contributed by atoms with Crippen LogP contribution in [-0.2, 0) is 5.88 Å². The predicted octanol–water partition coefficient (Wildman–Crippen LogP) is 2.56. The molecule has 0 aromatic carbocycles. The van der Waals surface area contributed by atoms with Crippen molar-refractivity contribution < 1.29 is 32.2 Å². The molecular weight excluding hydrogens is 270 g/mol. The highest BCUT2D eigenvalue weighted by Gasteiger charge is 2.34. The number of ether oxygens (including phenoxy) is 1. The average Bonchev–Trinajstić information content (AvgIpc) is 2.12. The Kier molecular flexibility index (Phi) is 3.76. The van der Waals surface area contributed by atoms with Gasteiger partial charge < -0.3 is 9.84 Å². The lowest BCUT2D eigenvalue weighted by atomic mass is 10.2. The molecule has 0 spiro atoms. The van der Waals surface area contributed by atoms with Crippen LogP contribution >= 0.6 is 11.6 Å². The van der Waals surface area contributed by atoms with Crippen molar-refractivity contribution in [2.24, 2.45) is 0 Å². The highest BCUT2D eigenvalue weighted by atomic mass is 35.5. The molecule has 4 nitrogen and oxygen atoms in total. The van der Waals surface area contributed by atoms with Crippen molar-refractivity contribution in [2.45, 2.75) is 12.2 Å². The fourth-order valence-corrected chi connectivity index (χ4v) is 1.26. The Bertz CT molecular complexity index is 449. The summed E-state index contributed by atoms with van der Waals surface area (Å²) in [5.41, 5.74) is -1.46. The Morgan fingerprint density at radius 3 is 2.53 bits per heavy atom. The summed E-state index contributed by atoms with van der Waals surface area (Å²) in [6, 6.07) is 0.229. The maximum Gasteiger partial charge on any atom is 0.573 e. The third kappa shape index (κ3) is 3.45. The largest absolute Gasteiger partial charge is 0.573 e. The Balaban J connectivity index is 3.35. The molecule has 0 fully saturated rings. The van der Waals surface area contributed by atoms with Gasteiger partial charge in [-0.3, -0.25) is 0 Å². The average molecular weight is 274 g/mol. The lowest BCUT2D eigenvalue weighted by molar-refractivity contribution is -0.274. The van der Waals surface area contributed by atoms with Gasteiger partial charge in [-0.2, -0.15) is 4.39 Å². The van der Waals surface area contributed by atoms with Gasteiger partial charge in [0.05, 0.1) is 11.6 Å². The van der Waals surface area contributed by atoms with Crippen molar-refractivity contribution in [1.29, 1.82) is 0 Å². The molecule has 0 radical (unpaired) electrons. The van der Waals surface area contributed by atoms with Crippen molar-refractivity contribution in [2.75, 3.05) is 0 Å². The summed E-state index contributed by atoms with van der Waals surface area (Å²) in [6.07, 6.45) is -5.14. The number of carboxylic acids is 1. The molecule has 1 heterocycles. The van der Waals surface area contributed by atoms with E-state index in [1.54, 1.807) is 0 Å². The number of pyridine rings is 1. The SMILES string of the molecule is O=C(O)c1c(OC(F)(F)F)cc(F)nc1CCl. The molecule has 0 aliphatic heterocycles. The lowest BCUT2D eigenvalue weighted by Crippen LogP contribution is -2.20. The van der Waals surface area contributed by atoms with E-state index in [1.165, 1.54) is 0 Å². The first-order valence-corrected chi connectivity index (χ1v) is 4.52. The molecule has 0 amide bonds. The van der Waals surface area contributed by atoms with Gasteiger partial charge in [-0.1, -0.05) is 0 Å². The summed E-state index contributed by atoms with van der Waals surface area (Å²) in [5.74, 6) is -4.81. The quantitative estimate of drug-likeness (QED) is 0.522. The third-order valence-corrected chi connectivity index (χ3v) is 1.85.